The molecule has 1 heterocycles. The maximum absolute atomic E-state index is 13.8. The normalized spacial score (nSPS) is 11.3. The molecule has 6 heteroatoms. The van der Waals surface area contributed by atoms with Gasteiger partial charge in [0.2, 0.25) is 0 Å². The molecule has 2 N–H and O–H groups in total. The Morgan fingerprint density at radius 2 is 1.75 bits per heavy atom. The van der Waals surface area contributed by atoms with Crippen molar-refractivity contribution in [3.05, 3.63) is 35.4 Å². The van der Waals surface area contributed by atoms with Crippen LogP contribution in [0.3, 0.4) is 0 Å². The first kappa shape index (κ1) is 14.4. The van der Waals surface area contributed by atoms with Gasteiger partial charge in [-0.15, -0.1) is 0 Å². The molecule has 108 valence electrons. The molecule has 0 atom stereocenters. The van der Waals surface area contributed by atoms with Crippen molar-refractivity contribution in [3.8, 4) is 11.3 Å². The summed E-state index contributed by atoms with van der Waals surface area (Å²) in [6, 6.07) is 1.33. The summed E-state index contributed by atoms with van der Waals surface area (Å²) in [7, 11) is 0. The highest BCUT2D eigenvalue weighted by Crippen LogP contribution is 2.32. The minimum atomic E-state index is -1.23. The highest BCUT2D eigenvalue weighted by molar-refractivity contribution is 5.71. The lowest BCUT2D eigenvalue weighted by Crippen LogP contribution is -2.09. The van der Waals surface area contributed by atoms with Gasteiger partial charge in [0.15, 0.2) is 11.6 Å². The zero-order chi connectivity index (χ0) is 15.0. The van der Waals surface area contributed by atoms with Gasteiger partial charge < -0.3 is 10.3 Å². The zero-order valence-electron chi connectivity index (χ0n) is 11.5. The molecule has 0 radical (unpaired) electrons. The van der Waals surface area contributed by atoms with Crippen LogP contribution in [0.2, 0.25) is 0 Å². The van der Waals surface area contributed by atoms with Gasteiger partial charge in [-0.3, -0.25) is 0 Å². The van der Waals surface area contributed by atoms with Crippen LogP contribution < -0.4 is 5.73 Å². The largest absolute Gasteiger partial charge is 0.383 e. The Labute approximate surface area is 115 Å². The Bertz CT molecular complexity index is 648. The van der Waals surface area contributed by atoms with E-state index in [4.69, 9.17) is 5.73 Å². The Hall–Kier alpha value is -1.98. The topological polar surface area (TPSA) is 43.8 Å². The van der Waals surface area contributed by atoms with Gasteiger partial charge in [-0.2, -0.15) is 0 Å². The second-order valence-corrected chi connectivity index (χ2v) is 4.83. The van der Waals surface area contributed by atoms with Gasteiger partial charge in [0.25, 0.3) is 0 Å². The minimum absolute atomic E-state index is 0.0413. The Balaban J connectivity index is 2.68. The summed E-state index contributed by atoms with van der Waals surface area (Å²) < 4.78 is 41.9. The van der Waals surface area contributed by atoms with E-state index in [2.05, 4.69) is 4.98 Å². The van der Waals surface area contributed by atoms with Crippen molar-refractivity contribution >= 4 is 5.82 Å². The second-order valence-electron chi connectivity index (χ2n) is 4.83. The number of hydrogen-bond donors (Lipinski definition) is 1. The molecule has 1 aromatic carbocycles. The summed E-state index contributed by atoms with van der Waals surface area (Å²) in [5.74, 6) is -2.31. The number of anilines is 1. The molecule has 20 heavy (non-hydrogen) atoms. The first-order chi connectivity index (χ1) is 9.36. The number of aromatic nitrogens is 2. The fourth-order valence-corrected chi connectivity index (χ4v) is 2.22. The molecule has 0 fully saturated rings. The zero-order valence-corrected chi connectivity index (χ0v) is 11.5. The average Bonchev–Trinajstić information content (AvgIpc) is 2.71. The van der Waals surface area contributed by atoms with Crippen LogP contribution in [0.15, 0.2) is 12.1 Å². The third kappa shape index (κ3) is 2.26. The molecule has 0 aliphatic rings. The van der Waals surface area contributed by atoms with Crippen molar-refractivity contribution in [1.29, 1.82) is 0 Å². The number of nitrogen functional groups attached to an aromatic ring is 1. The smallest absolute Gasteiger partial charge is 0.161 e. The standard InChI is InChI=1S/C14H16F3N3/c1-4-12-19-13(14(18)20(12)7(2)3)8-5-10(16)11(17)6-9(8)15/h5-7H,4,18H2,1-3H3. The van der Waals surface area contributed by atoms with Crippen molar-refractivity contribution in [2.45, 2.75) is 33.2 Å². The predicted octanol–water partition coefficient (Wildman–Crippen LogP) is 3.69. The number of rotatable bonds is 3. The molecule has 0 saturated carbocycles. The molecule has 0 aliphatic carbocycles. The van der Waals surface area contributed by atoms with Gasteiger partial charge in [0.1, 0.15) is 23.2 Å². The van der Waals surface area contributed by atoms with Crippen molar-refractivity contribution in [1.82, 2.24) is 9.55 Å². The van der Waals surface area contributed by atoms with Crippen LogP contribution in [0.4, 0.5) is 19.0 Å². The molecule has 0 unspecified atom stereocenters. The number of imidazole rings is 1. The van der Waals surface area contributed by atoms with Crippen LogP contribution in [0.1, 0.15) is 32.6 Å². The lowest BCUT2D eigenvalue weighted by molar-refractivity contribution is 0.496. The molecule has 0 bridgehead atoms. The number of hydrogen-bond acceptors (Lipinski definition) is 2. The van der Waals surface area contributed by atoms with Crippen LogP contribution >= 0.6 is 0 Å². The maximum atomic E-state index is 13.8. The summed E-state index contributed by atoms with van der Waals surface area (Å²) in [4.78, 5) is 4.26. The molecular weight excluding hydrogens is 267 g/mol. The quantitative estimate of drug-likeness (QED) is 0.873. The molecule has 0 spiro atoms. The van der Waals surface area contributed by atoms with Crippen molar-refractivity contribution < 1.29 is 13.2 Å². The van der Waals surface area contributed by atoms with E-state index in [9.17, 15) is 13.2 Å². The van der Waals surface area contributed by atoms with Crippen molar-refractivity contribution in [3.63, 3.8) is 0 Å². The molecule has 2 rings (SSSR count). The third-order valence-electron chi connectivity index (χ3n) is 3.12. The molecule has 1 aromatic heterocycles. The van der Waals surface area contributed by atoms with Gasteiger partial charge >= 0.3 is 0 Å². The highest BCUT2D eigenvalue weighted by atomic mass is 19.2. The minimum Gasteiger partial charge on any atom is -0.383 e. The average molecular weight is 283 g/mol. The molecule has 0 saturated heterocycles. The number of benzene rings is 1. The lowest BCUT2D eigenvalue weighted by Gasteiger charge is -2.12. The number of aryl methyl sites for hydroxylation is 1. The van der Waals surface area contributed by atoms with E-state index in [1.165, 1.54) is 0 Å². The van der Waals surface area contributed by atoms with Crippen LogP contribution in [0.5, 0.6) is 0 Å². The third-order valence-corrected chi connectivity index (χ3v) is 3.12. The molecule has 2 aromatic rings. The first-order valence-electron chi connectivity index (χ1n) is 6.38. The van der Waals surface area contributed by atoms with E-state index in [1.807, 2.05) is 20.8 Å². The SMILES string of the molecule is CCc1nc(-c2cc(F)c(F)cc2F)c(N)n1C(C)C. The Morgan fingerprint density at radius 1 is 1.15 bits per heavy atom. The van der Waals surface area contributed by atoms with E-state index < -0.39 is 17.5 Å². The fourth-order valence-electron chi connectivity index (χ4n) is 2.22. The second kappa shape index (κ2) is 5.19. The van der Waals surface area contributed by atoms with E-state index in [-0.39, 0.29) is 23.1 Å². The summed E-state index contributed by atoms with van der Waals surface area (Å²) in [5, 5.41) is 0. The van der Waals surface area contributed by atoms with E-state index in [0.29, 0.717) is 18.3 Å². The fraction of sp³-hybridized carbons (Fsp3) is 0.357. The first-order valence-corrected chi connectivity index (χ1v) is 6.38. The molecule has 3 nitrogen and oxygen atoms in total. The van der Waals surface area contributed by atoms with E-state index in [0.717, 1.165) is 6.07 Å². The lowest BCUT2D eigenvalue weighted by atomic mass is 10.1. The summed E-state index contributed by atoms with van der Waals surface area (Å²) in [6.07, 6.45) is 0.605. The maximum Gasteiger partial charge on any atom is 0.161 e. The van der Waals surface area contributed by atoms with Crippen LogP contribution in [-0.4, -0.2) is 9.55 Å². The molecule has 0 aliphatic heterocycles. The van der Waals surface area contributed by atoms with E-state index >= 15 is 0 Å². The molecule has 0 amide bonds. The Kier molecular flexibility index (Phi) is 3.74. The van der Waals surface area contributed by atoms with Gasteiger partial charge in [0.05, 0.1) is 0 Å². The number of nitrogens with two attached hydrogens (primary N) is 1. The molecular formula is C14H16F3N3. The summed E-state index contributed by atoms with van der Waals surface area (Å²) >= 11 is 0. The summed E-state index contributed by atoms with van der Waals surface area (Å²) in [6.45, 7) is 5.73. The predicted molar refractivity (Wildman–Crippen MR) is 71.7 cm³/mol. The van der Waals surface area contributed by atoms with E-state index in [1.54, 1.807) is 4.57 Å². The highest BCUT2D eigenvalue weighted by Gasteiger charge is 2.21. The summed E-state index contributed by atoms with van der Waals surface area (Å²) in [5.41, 5.74) is 6.00. The number of nitrogens with zero attached hydrogens (tertiary/aromatic N) is 2. The monoisotopic (exact) mass is 283 g/mol. The Morgan fingerprint density at radius 3 is 2.25 bits per heavy atom. The van der Waals surface area contributed by atoms with Crippen LogP contribution in [0, 0.1) is 17.5 Å². The number of halogens is 3. The van der Waals surface area contributed by atoms with Crippen LogP contribution in [0.25, 0.3) is 11.3 Å². The van der Waals surface area contributed by atoms with Crippen LogP contribution in [-0.2, 0) is 6.42 Å². The van der Waals surface area contributed by atoms with Gasteiger partial charge in [0, 0.05) is 24.1 Å². The van der Waals surface area contributed by atoms with Crippen molar-refractivity contribution in [2.75, 3.05) is 5.73 Å². The van der Waals surface area contributed by atoms with Gasteiger partial charge in [-0.25, -0.2) is 18.2 Å². The van der Waals surface area contributed by atoms with Gasteiger partial charge in [-0.05, 0) is 19.9 Å². The van der Waals surface area contributed by atoms with Crippen molar-refractivity contribution in [2.24, 2.45) is 0 Å². The van der Waals surface area contributed by atoms with Gasteiger partial charge in [-0.1, -0.05) is 6.92 Å².